The van der Waals surface area contributed by atoms with Crippen LogP contribution in [0, 0.1) is 18.6 Å². The Morgan fingerprint density at radius 2 is 1.48 bits per heavy atom. The molecule has 1 unspecified atom stereocenters. The third-order valence-corrected chi connectivity index (χ3v) is 5.75. The molecule has 0 aliphatic rings. The maximum atomic E-state index is 14.6. The van der Waals surface area contributed by atoms with E-state index in [-0.39, 0.29) is 21.6 Å². The molecule has 0 saturated carbocycles. The predicted octanol–water partition coefficient (Wildman–Crippen LogP) is 6.99. The number of fused-ring (bicyclic) bond motifs is 1. The highest BCUT2D eigenvalue weighted by Crippen LogP contribution is 2.28. The Morgan fingerprint density at radius 1 is 0.931 bits per heavy atom. The molecule has 0 spiro atoms. The van der Waals surface area contributed by atoms with Crippen LogP contribution in [0.3, 0.4) is 0 Å². The molecule has 4 rings (SSSR count). The van der Waals surface area contributed by atoms with Gasteiger partial charge in [-0.1, -0.05) is 44.0 Å². The van der Waals surface area contributed by atoms with E-state index in [2.05, 4.69) is 41.5 Å². The van der Waals surface area contributed by atoms with Crippen molar-refractivity contribution in [3.05, 3.63) is 78.0 Å². The van der Waals surface area contributed by atoms with Crippen LogP contribution in [0.2, 0.25) is 0 Å². The topological polar surface area (TPSA) is 17.8 Å². The van der Waals surface area contributed by atoms with Gasteiger partial charge in [0.1, 0.15) is 11.3 Å². The zero-order chi connectivity index (χ0) is 21.1. The van der Waals surface area contributed by atoms with Gasteiger partial charge in [-0.25, -0.2) is 13.5 Å². The van der Waals surface area contributed by atoms with Crippen molar-refractivity contribution >= 4 is 27.3 Å². The van der Waals surface area contributed by atoms with Gasteiger partial charge >= 0.3 is 0 Å². The van der Waals surface area contributed by atoms with E-state index in [1.54, 1.807) is 0 Å². The lowest BCUT2D eigenvalue weighted by atomic mass is 10.1. The van der Waals surface area contributed by atoms with E-state index in [4.69, 9.17) is 0 Å². The molecule has 0 fully saturated rings. The van der Waals surface area contributed by atoms with Crippen molar-refractivity contribution in [1.29, 1.82) is 0 Å². The highest BCUT2D eigenvalue weighted by Gasteiger charge is 2.15. The van der Waals surface area contributed by atoms with Crippen LogP contribution in [0.4, 0.5) is 8.78 Å². The minimum absolute atomic E-state index is 0.00122. The van der Waals surface area contributed by atoms with Crippen LogP contribution in [-0.2, 0) is 0 Å². The van der Waals surface area contributed by atoms with Gasteiger partial charge in [0.2, 0.25) is 0 Å². The molecule has 150 valence electrons. The van der Waals surface area contributed by atoms with Crippen molar-refractivity contribution in [3.63, 3.8) is 0 Å². The van der Waals surface area contributed by atoms with Crippen molar-refractivity contribution in [2.45, 2.75) is 25.7 Å². The standard InChI is InChI=1S/C22H18F2N2S.C2H6/c1-14-20(23)12-17-13-25-26(22(17)21(14)24)18-8-4-15(5-9-18)16-6-10-19(11-7-16)27(2)3;1-2/h4-13H,2H2,1,3H3;1-2H3. The Kier molecular flexibility index (Phi) is 6.28. The molecule has 29 heavy (non-hydrogen) atoms. The molecule has 2 nitrogen and oxygen atoms in total. The minimum Gasteiger partial charge on any atom is -0.230 e. The SMILES string of the molecule is C=S(C)c1ccc(-c2ccc(-n3ncc4cc(F)c(C)c(F)c43)cc2)cc1.CC. The van der Waals surface area contributed by atoms with Crippen LogP contribution in [0.25, 0.3) is 27.7 Å². The van der Waals surface area contributed by atoms with Crippen molar-refractivity contribution < 1.29 is 8.78 Å². The first-order chi connectivity index (χ1) is 14.0. The van der Waals surface area contributed by atoms with Gasteiger partial charge in [0, 0.05) is 15.8 Å². The van der Waals surface area contributed by atoms with E-state index in [0.717, 1.165) is 16.8 Å². The summed E-state index contributed by atoms with van der Waals surface area (Å²) in [6, 6.07) is 17.4. The molecule has 3 aromatic carbocycles. The minimum atomic E-state index is -0.578. The Balaban J connectivity index is 0.00000117. The average molecular weight is 411 g/mol. The highest BCUT2D eigenvalue weighted by molar-refractivity contribution is 8.13. The first-order valence-corrected chi connectivity index (χ1v) is 11.2. The summed E-state index contributed by atoms with van der Waals surface area (Å²) in [5.74, 6) is 2.92. The lowest BCUT2D eigenvalue weighted by Crippen LogP contribution is -2.00. The van der Waals surface area contributed by atoms with Crippen molar-refractivity contribution in [2.75, 3.05) is 6.26 Å². The Hall–Kier alpha value is -2.79. The zero-order valence-corrected chi connectivity index (χ0v) is 17.9. The molecule has 1 aromatic heterocycles. The van der Waals surface area contributed by atoms with Gasteiger partial charge in [-0.15, -0.1) is 0 Å². The van der Waals surface area contributed by atoms with Crippen LogP contribution in [0.5, 0.6) is 0 Å². The van der Waals surface area contributed by atoms with Crippen molar-refractivity contribution in [1.82, 2.24) is 9.78 Å². The van der Waals surface area contributed by atoms with Crippen LogP contribution in [-0.4, -0.2) is 21.9 Å². The predicted molar refractivity (Wildman–Crippen MR) is 121 cm³/mol. The number of hydrogen-bond donors (Lipinski definition) is 0. The van der Waals surface area contributed by atoms with Gasteiger partial charge in [-0.3, -0.25) is 0 Å². The number of nitrogens with zero attached hydrogens (tertiary/aromatic N) is 2. The molecule has 1 atom stereocenters. The zero-order valence-electron chi connectivity index (χ0n) is 17.0. The molecule has 0 amide bonds. The Morgan fingerprint density at radius 3 is 2.03 bits per heavy atom. The molecular formula is C24H24F2N2S. The molecule has 0 radical (unpaired) electrons. The fraction of sp³-hybridized carbons (Fsp3) is 0.167. The van der Waals surface area contributed by atoms with E-state index in [9.17, 15) is 8.78 Å². The third kappa shape index (κ3) is 4.01. The van der Waals surface area contributed by atoms with E-state index in [1.165, 1.54) is 28.8 Å². The van der Waals surface area contributed by atoms with E-state index in [1.807, 2.05) is 38.1 Å². The third-order valence-electron chi connectivity index (χ3n) is 4.68. The Bertz CT molecular complexity index is 1160. The molecule has 5 heteroatoms. The summed E-state index contributed by atoms with van der Waals surface area (Å²) >= 11 is 0. The summed E-state index contributed by atoms with van der Waals surface area (Å²) in [6.07, 6.45) is 3.57. The second-order valence-corrected chi connectivity index (χ2v) is 8.25. The lowest BCUT2D eigenvalue weighted by Gasteiger charge is -2.09. The Labute approximate surface area is 172 Å². The van der Waals surface area contributed by atoms with Gasteiger partial charge < -0.3 is 0 Å². The molecular weight excluding hydrogens is 386 g/mol. The maximum Gasteiger partial charge on any atom is 0.155 e. The maximum absolute atomic E-state index is 14.6. The fourth-order valence-corrected chi connectivity index (χ4v) is 3.68. The number of halogens is 2. The van der Waals surface area contributed by atoms with Gasteiger partial charge in [0.15, 0.2) is 5.82 Å². The van der Waals surface area contributed by atoms with Crippen molar-refractivity contribution in [2.24, 2.45) is 0 Å². The summed E-state index contributed by atoms with van der Waals surface area (Å²) in [4.78, 5) is 1.22. The van der Waals surface area contributed by atoms with E-state index >= 15 is 0 Å². The normalized spacial score (nSPS) is 11.8. The van der Waals surface area contributed by atoms with Gasteiger partial charge in [-0.2, -0.15) is 15.6 Å². The highest BCUT2D eigenvalue weighted by atomic mass is 32.2. The van der Waals surface area contributed by atoms with Crippen LogP contribution in [0.1, 0.15) is 19.4 Å². The number of rotatable bonds is 3. The summed E-state index contributed by atoms with van der Waals surface area (Å²) in [7, 11) is -0.0109. The monoisotopic (exact) mass is 410 g/mol. The first kappa shape index (κ1) is 20.9. The molecule has 0 aliphatic carbocycles. The molecule has 0 N–H and O–H groups in total. The summed E-state index contributed by atoms with van der Waals surface area (Å²) in [5.41, 5.74) is 3.18. The molecule has 4 aromatic rings. The second-order valence-electron chi connectivity index (χ2n) is 6.50. The average Bonchev–Trinajstić information content (AvgIpc) is 3.17. The summed E-state index contributed by atoms with van der Waals surface area (Å²) in [5, 5.41) is 4.69. The summed E-state index contributed by atoms with van der Waals surface area (Å²) in [6.45, 7) is 5.43. The van der Waals surface area contributed by atoms with Gasteiger partial charge in [0.25, 0.3) is 0 Å². The smallest absolute Gasteiger partial charge is 0.155 e. The lowest BCUT2D eigenvalue weighted by molar-refractivity contribution is 0.573. The first-order valence-electron chi connectivity index (χ1n) is 9.44. The largest absolute Gasteiger partial charge is 0.230 e. The van der Waals surface area contributed by atoms with E-state index in [0.29, 0.717) is 5.39 Å². The number of aromatic nitrogens is 2. The number of benzene rings is 3. The number of hydrogen-bond acceptors (Lipinski definition) is 1. The van der Waals surface area contributed by atoms with Gasteiger partial charge in [0.05, 0.1) is 11.9 Å². The van der Waals surface area contributed by atoms with Crippen LogP contribution < -0.4 is 0 Å². The molecule has 0 saturated heterocycles. The summed E-state index contributed by atoms with van der Waals surface area (Å²) < 4.78 is 29.8. The molecule has 1 heterocycles. The van der Waals surface area contributed by atoms with Gasteiger partial charge in [-0.05, 0) is 54.6 Å². The van der Waals surface area contributed by atoms with Crippen LogP contribution >= 0.6 is 10.5 Å². The quantitative estimate of drug-likeness (QED) is 0.333. The molecule has 0 bridgehead atoms. The fourth-order valence-electron chi connectivity index (χ4n) is 3.08. The van der Waals surface area contributed by atoms with Crippen LogP contribution in [0.15, 0.2) is 65.7 Å². The molecule has 0 aliphatic heterocycles. The second kappa shape index (κ2) is 8.70. The van der Waals surface area contributed by atoms with E-state index < -0.39 is 11.6 Å². The van der Waals surface area contributed by atoms with Crippen molar-refractivity contribution in [3.8, 4) is 16.8 Å².